The smallest absolute Gasteiger partial charge is 0.239 e. The van der Waals surface area contributed by atoms with Crippen LogP contribution in [0, 0.1) is 0 Å². The number of amides is 2. The molecule has 18 heteroatoms. The summed E-state index contributed by atoms with van der Waals surface area (Å²) in [7, 11) is 0. The number of hydrogen-bond donors (Lipinski definition) is 10. The third-order valence-electron chi connectivity index (χ3n) is 10.4. The van der Waals surface area contributed by atoms with Crippen LogP contribution in [0.25, 0.3) is 44.6 Å². The van der Waals surface area contributed by atoms with Gasteiger partial charge in [-0.25, -0.2) is 0 Å². The normalized spacial score (nSPS) is 15.0. The maximum atomic E-state index is 13.5. The number of benzene rings is 4. The Balaban J connectivity index is 0.948. The Bertz CT molecular complexity index is 2620. The summed E-state index contributed by atoms with van der Waals surface area (Å²) in [5.41, 5.74) is -1.57. The molecule has 18 nitrogen and oxygen atoms in total. The predicted octanol–water partition coefficient (Wildman–Crippen LogP) is 5.44. The van der Waals surface area contributed by atoms with Crippen LogP contribution in [0.3, 0.4) is 0 Å². The molecular weight excluding hydrogens is 812 g/mol. The van der Waals surface area contributed by atoms with Gasteiger partial charge in [-0.1, -0.05) is 12.8 Å². The molecule has 0 aliphatic heterocycles. The minimum absolute atomic E-state index is 0.0185. The summed E-state index contributed by atoms with van der Waals surface area (Å²) < 4.78 is 23.3. The standard InChI is InChI=1S/C44H42N2O16/c47-23-17-31(53)37-33(19-23)61-41(21-9-11-27(49)29(51)15-21)43(39(37)57)59-13-3-7-35(55)45-25-5-1-2-6-26(25)46-36(56)8-4-14-60-44-40(58)38-32(54)18-24(48)20-34(38)62-42(44)22-10-12-28(50)30(52)16-22/h9-12,15-20,25-26,47-54H,1-8,13-14H2,(H,45,55)(H,46,56). The van der Waals surface area contributed by atoms with Gasteiger partial charge in [-0.15, -0.1) is 0 Å². The van der Waals surface area contributed by atoms with Crippen molar-refractivity contribution in [1.29, 1.82) is 0 Å². The van der Waals surface area contributed by atoms with Gasteiger partial charge >= 0.3 is 0 Å². The van der Waals surface area contributed by atoms with E-state index >= 15 is 0 Å². The molecule has 2 aromatic heterocycles. The van der Waals surface area contributed by atoms with E-state index in [9.17, 15) is 60.0 Å². The molecular formula is C44H42N2O16. The Morgan fingerprint density at radius 2 is 0.952 bits per heavy atom. The molecule has 1 saturated carbocycles. The van der Waals surface area contributed by atoms with E-state index in [1.165, 1.54) is 24.3 Å². The fourth-order valence-corrected chi connectivity index (χ4v) is 7.36. The maximum absolute atomic E-state index is 13.5. The molecule has 1 aliphatic rings. The zero-order chi connectivity index (χ0) is 44.2. The lowest BCUT2D eigenvalue weighted by Gasteiger charge is -2.33. The van der Waals surface area contributed by atoms with Gasteiger partial charge in [0.05, 0.1) is 13.2 Å². The van der Waals surface area contributed by atoms with Gasteiger partial charge in [-0.05, 0) is 62.1 Å². The summed E-state index contributed by atoms with van der Waals surface area (Å²) in [5, 5.41) is 86.0. The number of aromatic hydroxyl groups is 8. The van der Waals surface area contributed by atoms with Crippen LogP contribution < -0.4 is 31.0 Å². The van der Waals surface area contributed by atoms with E-state index in [2.05, 4.69) is 10.6 Å². The van der Waals surface area contributed by atoms with Crippen LogP contribution in [0.1, 0.15) is 51.4 Å². The van der Waals surface area contributed by atoms with E-state index in [1.54, 1.807) is 0 Å². The number of nitrogens with one attached hydrogen (secondary N) is 2. The lowest BCUT2D eigenvalue weighted by atomic mass is 9.90. The van der Waals surface area contributed by atoms with Crippen molar-refractivity contribution in [3.8, 4) is 80.1 Å². The second-order valence-electron chi connectivity index (χ2n) is 14.8. The zero-order valence-corrected chi connectivity index (χ0v) is 32.8. The molecule has 0 saturated heterocycles. The quantitative estimate of drug-likeness (QED) is 0.0482. The number of ether oxygens (including phenoxy) is 2. The molecule has 2 atom stereocenters. The van der Waals surface area contributed by atoms with E-state index in [0.29, 0.717) is 12.8 Å². The van der Waals surface area contributed by atoms with E-state index in [1.807, 2.05) is 0 Å². The first-order chi connectivity index (χ1) is 29.7. The second kappa shape index (κ2) is 17.8. The number of fused-ring (bicyclic) bond motifs is 2. The molecule has 2 amide bonds. The molecule has 2 unspecified atom stereocenters. The summed E-state index contributed by atoms with van der Waals surface area (Å²) in [4.78, 5) is 53.3. The van der Waals surface area contributed by atoms with Crippen LogP contribution in [0.15, 0.2) is 79.1 Å². The lowest BCUT2D eigenvalue weighted by Crippen LogP contribution is -2.53. The summed E-state index contributed by atoms with van der Waals surface area (Å²) in [6.07, 6.45) is 3.09. The van der Waals surface area contributed by atoms with Crippen molar-refractivity contribution < 1.29 is 68.7 Å². The Morgan fingerprint density at radius 1 is 0.548 bits per heavy atom. The average molecular weight is 855 g/mol. The van der Waals surface area contributed by atoms with Crippen LogP contribution in [0.4, 0.5) is 0 Å². The van der Waals surface area contributed by atoms with Gasteiger partial charge in [-0.3, -0.25) is 19.2 Å². The topological polar surface area (TPSA) is 299 Å². The van der Waals surface area contributed by atoms with E-state index in [0.717, 1.165) is 49.2 Å². The summed E-state index contributed by atoms with van der Waals surface area (Å²) in [6.45, 7) is -0.283. The highest BCUT2D eigenvalue weighted by Gasteiger charge is 2.28. The van der Waals surface area contributed by atoms with Crippen LogP contribution in [-0.2, 0) is 9.59 Å². The van der Waals surface area contributed by atoms with E-state index in [-0.39, 0.29) is 130 Å². The molecule has 2 heterocycles. The largest absolute Gasteiger partial charge is 0.508 e. The third-order valence-corrected chi connectivity index (χ3v) is 10.4. The SMILES string of the molecule is O=C(CCCOc1c(-c2ccc(O)c(O)c2)oc2cc(O)cc(O)c2c1=O)NC1CCCCC1NC(=O)CCCOc1c(-c2ccc(O)c(O)c2)oc2cc(O)cc(O)c2c1=O. The number of carbonyl (C=O) groups excluding carboxylic acids is 2. The number of rotatable bonds is 14. The van der Waals surface area contributed by atoms with Gasteiger partial charge in [0.1, 0.15) is 44.9 Å². The summed E-state index contributed by atoms with van der Waals surface area (Å²) in [5.74, 6) is -5.30. The number of hydrogen-bond acceptors (Lipinski definition) is 16. The predicted molar refractivity (Wildman–Crippen MR) is 221 cm³/mol. The number of phenolic OH excluding ortho intramolecular Hbond substituents is 8. The minimum atomic E-state index is -0.773. The van der Waals surface area contributed by atoms with E-state index < -0.39 is 45.4 Å². The van der Waals surface area contributed by atoms with Gasteiger partial charge in [0.25, 0.3) is 0 Å². The van der Waals surface area contributed by atoms with Crippen molar-refractivity contribution in [2.75, 3.05) is 13.2 Å². The van der Waals surface area contributed by atoms with Crippen LogP contribution >= 0.6 is 0 Å². The molecule has 10 N–H and O–H groups in total. The van der Waals surface area contributed by atoms with Crippen LogP contribution in [0.2, 0.25) is 0 Å². The number of phenols is 8. The van der Waals surface area contributed by atoms with Gasteiger partial charge in [-0.2, -0.15) is 0 Å². The zero-order valence-electron chi connectivity index (χ0n) is 32.8. The molecule has 62 heavy (non-hydrogen) atoms. The van der Waals surface area contributed by atoms with Crippen molar-refractivity contribution in [1.82, 2.24) is 10.6 Å². The molecule has 6 aromatic rings. The molecule has 4 aromatic carbocycles. The highest BCUT2D eigenvalue weighted by Crippen LogP contribution is 2.40. The molecule has 0 spiro atoms. The first-order valence-electron chi connectivity index (χ1n) is 19.6. The highest BCUT2D eigenvalue weighted by atomic mass is 16.5. The van der Waals surface area contributed by atoms with Gasteiger partial charge in [0.2, 0.25) is 34.2 Å². The number of carbonyl (C=O) groups is 2. The fourth-order valence-electron chi connectivity index (χ4n) is 7.36. The molecule has 0 bridgehead atoms. The van der Waals surface area contributed by atoms with E-state index in [4.69, 9.17) is 18.3 Å². The van der Waals surface area contributed by atoms with Crippen molar-refractivity contribution in [2.45, 2.75) is 63.5 Å². The maximum Gasteiger partial charge on any atom is 0.239 e. The Hall–Kier alpha value is -7.76. The molecule has 1 fully saturated rings. The molecule has 1 aliphatic carbocycles. The first-order valence-corrected chi connectivity index (χ1v) is 19.6. The molecule has 324 valence electrons. The third kappa shape index (κ3) is 9.03. The first kappa shape index (κ1) is 42.4. The Kier molecular flexibility index (Phi) is 12.2. The monoisotopic (exact) mass is 854 g/mol. The Morgan fingerprint density at radius 3 is 1.34 bits per heavy atom. The summed E-state index contributed by atoms with van der Waals surface area (Å²) in [6, 6.07) is 10.8. The minimum Gasteiger partial charge on any atom is -0.508 e. The van der Waals surface area contributed by atoms with Gasteiger partial charge in [0.15, 0.2) is 34.5 Å². The lowest BCUT2D eigenvalue weighted by molar-refractivity contribution is -0.125. The van der Waals surface area contributed by atoms with Crippen molar-refractivity contribution in [3.63, 3.8) is 0 Å². The van der Waals surface area contributed by atoms with Crippen molar-refractivity contribution in [2.24, 2.45) is 0 Å². The second-order valence-corrected chi connectivity index (χ2v) is 14.8. The highest BCUT2D eigenvalue weighted by molar-refractivity contribution is 5.89. The van der Waals surface area contributed by atoms with Gasteiger partial charge in [0, 0.05) is 60.3 Å². The van der Waals surface area contributed by atoms with Crippen molar-refractivity contribution >= 4 is 33.8 Å². The van der Waals surface area contributed by atoms with Crippen LogP contribution in [-0.4, -0.2) is 78.0 Å². The summed E-state index contributed by atoms with van der Waals surface area (Å²) >= 11 is 0. The fraction of sp³-hybridized carbons (Fsp3) is 0.273. The van der Waals surface area contributed by atoms with Crippen molar-refractivity contribution in [3.05, 3.63) is 81.1 Å². The Labute approximate surface area is 350 Å². The molecule has 0 radical (unpaired) electrons. The molecule has 7 rings (SSSR count). The van der Waals surface area contributed by atoms with Gasteiger partial charge < -0.3 is 69.8 Å². The average Bonchev–Trinajstić information content (AvgIpc) is 3.21. The van der Waals surface area contributed by atoms with Crippen LogP contribution in [0.5, 0.6) is 57.5 Å².